The van der Waals surface area contributed by atoms with Gasteiger partial charge in [0.1, 0.15) is 13.2 Å². The van der Waals surface area contributed by atoms with Crippen molar-refractivity contribution in [1.82, 2.24) is 0 Å². The first kappa shape index (κ1) is 19.4. The fourth-order valence-electron chi connectivity index (χ4n) is 4.85. The molecule has 4 nitrogen and oxygen atoms in total. The zero-order valence-corrected chi connectivity index (χ0v) is 16.5. The molecule has 144 valence electrons. The molecular weight excluding hydrogens is 326 g/mol. The molecule has 1 aromatic rings. The van der Waals surface area contributed by atoms with Gasteiger partial charge in [-0.15, -0.1) is 0 Å². The van der Waals surface area contributed by atoms with E-state index >= 15 is 0 Å². The molecule has 0 amide bonds. The van der Waals surface area contributed by atoms with Crippen LogP contribution >= 0.6 is 0 Å². The molecule has 0 spiro atoms. The number of benzene rings is 1. The average molecular weight is 361 g/mol. The minimum atomic E-state index is -1.52. The van der Waals surface area contributed by atoms with Crippen molar-refractivity contribution in [1.29, 1.82) is 0 Å². The first-order valence-electron chi connectivity index (χ1n) is 10.1. The molecule has 2 atom stereocenters. The van der Waals surface area contributed by atoms with E-state index in [-0.39, 0.29) is 11.5 Å². The number of nitrogens with zero attached hydrogens (tertiary/aromatic N) is 1. The Bertz CT molecular complexity index is 624. The summed E-state index contributed by atoms with van der Waals surface area (Å²) < 4.78 is 6.61. The zero-order chi connectivity index (χ0) is 18.8. The number of rotatable bonds is 6. The summed E-state index contributed by atoms with van der Waals surface area (Å²) >= 11 is 0. The van der Waals surface area contributed by atoms with Gasteiger partial charge in [0.05, 0.1) is 19.1 Å². The fraction of sp³-hybridized carbons (Fsp3) is 0.682. The number of aliphatic hydroxyl groups is 1. The third-order valence-electron chi connectivity index (χ3n) is 7.19. The van der Waals surface area contributed by atoms with E-state index in [0.717, 1.165) is 43.3 Å². The quantitative estimate of drug-likeness (QED) is 0.622. The lowest BCUT2D eigenvalue weighted by molar-refractivity contribution is -0.942. The lowest BCUT2D eigenvalue weighted by atomic mass is 9.80. The van der Waals surface area contributed by atoms with Gasteiger partial charge in [0.2, 0.25) is 0 Å². The van der Waals surface area contributed by atoms with Crippen LogP contribution in [0.4, 0.5) is 0 Å². The summed E-state index contributed by atoms with van der Waals surface area (Å²) in [6.07, 6.45) is 6.30. The highest BCUT2D eigenvalue weighted by molar-refractivity contribution is 5.81. The number of likely N-dealkylation sites (tertiary alicyclic amines) is 1. The third kappa shape index (κ3) is 3.41. The SMILES string of the molecule is CC1(C)CCC[N+]1(C)CCOC(=O)[C@](O)(c1ccccc1)C1CCCC1. The molecule has 2 fully saturated rings. The van der Waals surface area contributed by atoms with E-state index in [1.807, 2.05) is 30.3 Å². The molecule has 1 unspecified atom stereocenters. The van der Waals surface area contributed by atoms with Gasteiger partial charge in [-0.1, -0.05) is 43.2 Å². The van der Waals surface area contributed by atoms with E-state index in [9.17, 15) is 9.90 Å². The van der Waals surface area contributed by atoms with Crippen LogP contribution < -0.4 is 0 Å². The summed E-state index contributed by atoms with van der Waals surface area (Å²) in [5.41, 5.74) is -0.636. The van der Waals surface area contributed by atoms with E-state index in [4.69, 9.17) is 4.74 Å². The lowest BCUT2D eigenvalue weighted by Crippen LogP contribution is -2.56. The minimum Gasteiger partial charge on any atom is -0.457 e. The van der Waals surface area contributed by atoms with Gasteiger partial charge in [-0.25, -0.2) is 4.79 Å². The van der Waals surface area contributed by atoms with Crippen molar-refractivity contribution in [2.75, 3.05) is 26.7 Å². The first-order valence-corrected chi connectivity index (χ1v) is 10.1. The Morgan fingerprint density at radius 2 is 1.88 bits per heavy atom. The summed E-state index contributed by atoms with van der Waals surface area (Å²) in [5.74, 6) is -0.524. The van der Waals surface area contributed by atoms with E-state index in [2.05, 4.69) is 20.9 Å². The molecule has 1 N–H and O–H groups in total. The second kappa shape index (κ2) is 7.32. The number of ether oxygens (including phenoxy) is 1. The summed E-state index contributed by atoms with van der Waals surface area (Å²) in [6.45, 7) is 6.87. The molecule has 1 saturated heterocycles. The lowest BCUT2D eigenvalue weighted by Gasteiger charge is -2.42. The van der Waals surface area contributed by atoms with Crippen molar-refractivity contribution in [2.45, 2.75) is 63.5 Å². The molecule has 0 radical (unpaired) electrons. The monoisotopic (exact) mass is 360 g/mol. The number of carbonyl (C=O) groups is 1. The van der Waals surface area contributed by atoms with E-state index in [1.54, 1.807) is 0 Å². The highest BCUT2D eigenvalue weighted by atomic mass is 16.5. The fourth-order valence-corrected chi connectivity index (χ4v) is 4.85. The molecule has 1 aliphatic heterocycles. The van der Waals surface area contributed by atoms with Gasteiger partial charge in [-0.2, -0.15) is 0 Å². The Morgan fingerprint density at radius 1 is 1.23 bits per heavy atom. The number of quaternary nitrogens is 1. The predicted molar refractivity (Wildman–Crippen MR) is 102 cm³/mol. The van der Waals surface area contributed by atoms with E-state index in [1.165, 1.54) is 12.8 Å². The second-order valence-corrected chi connectivity index (χ2v) is 9.01. The average Bonchev–Trinajstić information content (AvgIpc) is 3.24. The molecule has 2 aliphatic rings. The largest absolute Gasteiger partial charge is 0.457 e. The predicted octanol–water partition coefficient (Wildman–Crippen LogP) is 3.63. The van der Waals surface area contributed by atoms with Gasteiger partial charge in [-0.05, 0) is 32.3 Å². The summed E-state index contributed by atoms with van der Waals surface area (Å²) in [6, 6.07) is 9.35. The van der Waals surface area contributed by atoms with Crippen LogP contribution in [0.5, 0.6) is 0 Å². The zero-order valence-electron chi connectivity index (χ0n) is 16.5. The number of esters is 1. The molecule has 3 rings (SSSR count). The summed E-state index contributed by atoms with van der Waals surface area (Å²) in [4.78, 5) is 13.0. The highest BCUT2D eigenvalue weighted by Crippen LogP contribution is 2.41. The maximum atomic E-state index is 13.0. The maximum Gasteiger partial charge on any atom is 0.343 e. The van der Waals surface area contributed by atoms with Crippen LogP contribution in [-0.4, -0.2) is 47.8 Å². The number of hydrogen-bond donors (Lipinski definition) is 1. The number of hydrogen-bond acceptors (Lipinski definition) is 3. The topological polar surface area (TPSA) is 46.5 Å². The molecule has 1 aromatic carbocycles. The summed E-state index contributed by atoms with van der Waals surface area (Å²) in [7, 11) is 2.25. The molecular formula is C22H34NO3+. The highest BCUT2D eigenvalue weighted by Gasteiger charge is 2.49. The molecule has 0 bridgehead atoms. The van der Waals surface area contributed by atoms with Gasteiger partial charge in [-0.3, -0.25) is 0 Å². The molecule has 1 heterocycles. The number of carbonyl (C=O) groups excluding carboxylic acids is 1. The molecule has 1 aliphatic carbocycles. The van der Waals surface area contributed by atoms with Crippen molar-refractivity contribution in [2.24, 2.45) is 5.92 Å². The van der Waals surface area contributed by atoms with Gasteiger partial charge in [0.25, 0.3) is 0 Å². The number of likely N-dealkylation sites (N-methyl/N-ethyl adjacent to an activating group) is 1. The Balaban J connectivity index is 1.71. The first-order chi connectivity index (χ1) is 12.3. The van der Waals surface area contributed by atoms with Crippen LogP contribution in [0.3, 0.4) is 0 Å². The van der Waals surface area contributed by atoms with Crippen molar-refractivity contribution in [3.63, 3.8) is 0 Å². The normalized spacial score (nSPS) is 28.0. The van der Waals surface area contributed by atoms with Crippen LogP contribution in [0.25, 0.3) is 0 Å². The minimum absolute atomic E-state index is 0.0506. The molecule has 1 saturated carbocycles. The molecule has 0 aromatic heterocycles. The summed E-state index contributed by atoms with van der Waals surface area (Å²) in [5, 5.41) is 11.4. The smallest absolute Gasteiger partial charge is 0.343 e. The maximum absolute atomic E-state index is 13.0. The van der Waals surface area contributed by atoms with Crippen LogP contribution in [-0.2, 0) is 15.1 Å². The Labute approximate surface area is 157 Å². The van der Waals surface area contributed by atoms with Crippen molar-refractivity contribution < 1.29 is 19.1 Å². The van der Waals surface area contributed by atoms with Gasteiger partial charge >= 0.3 is 5.97 Å². The van der Waals surface area contributed by atoms with Crippen molar-refractivity contribution in [3.05, 3.63) is 35.9 Å². The third-order valence-corrected chi connectivity index (χ3v) is 7.19. The Kier molecular flexibility index (Phi) is 5.45. The van der Waals surface area contributed by atoms with Crippen LogP contribution in [0, 0.1) is 5.92 Å². The van der Waals surface area contributed by atoms with Crippen LogP contribution in [0.15, 0.2) is 30.3 Å². The van der Waals surface area contributed by atoms with Crippen LogP contribution in [0.2, 0.25) is 0 Å². The Morgan fingerprint density at radius 3 is 2.46 bits per heavy atom. The second-order valence-electron chi connectivity index (χ2n) is 9.01. The van der Waals surface area contributed by atoms with Crippen molar-refractivity contribution in [3.8, 4) is 0 Å². The Hall–Kier alpha value is -1.39. The molecule has 4 heteroatoms. The van der Waals surface area contributed by atoms with Gasteiger partial charge in [0.15, 0.2) is 5.60 Å². The van der Waals surface area contributed by atoms with Crippen LogP contribution in [0.1, 0.15) is 57.9 Å². The van der Waals surface area contributed by atoms with E-state index in [0.29, 0.717) is 12.2 Å². The van der Waals surface area contributed by atoms with Crippen molar-refractivity contribution >= 4 is 5.97 Å². The van der Waals surface area contributed by atoms with Gasteiger partial charge in [0, 0.05) is 18.8 Å². The standard InChI is InChI=1S/C22H34NO3/c1-21(2)14-9-15-23(21,3)16-17-26-20(24)22(25,19-12-7-8-13-19)18-10-5-4-6-11-18/h4-6,10-11,19,25H,7-9,12-17H2,1-3H3/q+1/t22-,23?/m0/s1. The van der Waals surface area contributed by atoms with Gasteiger partial charge < -0.3 is 14.3 Å². The molecule has 26 heavy (non-hydrogen) atoms. The van der Waals surface area contributed by atoms with E-state index < -0.39 is 11.6 Å².